The number of fused-ring (bicyclic) bond motifs is 1. The Labute approximate surface area is 178 Å². The van der Waals surface area contributed by atoms with Crippen molar-refractivity contribution in [3.05, 3.63) is 85.8 Å². The number of aromatic amines is 1. The van der Waals surface area contributed by atoms with E-state index in [2.05, 4.69) is 9.97 Å². The first kappa shape index (κ1) is 21.5. The van der Waals surface area contributed by atoms with Crippen LogP contribution in [0.25, 0.3) is 11.4 Å². The third-order valence-corrected chi connectivity index (χ3v) is 5.57. The van der Waals surface area contributed by atoms with Gasteiger partial charge in [0.25, 0.3) is 5.56 Å². The molecule has 0 atom stereocenters. The number of alkyl halides is 3. The number of rotatable bonds is 3. The molecule has 0 spiro atoms. The maximum atomic E-state index is 14.1. The fourth-order valence-corrected chi connectivity index (χ4v) is 3.73. The molecule has 0 saturated heterocycles. The number of halogens is 6. The molecule has 4 rings (SSSR count). The van der Waals surface area contributed by atoms with Gasteiger partial charge in [-0.15, -0.1) is 0 Å². The molecule has 0 fully saturated rings. The molecule has 0 bridgehead atoms. The van der Waals surface area contributed by atoms with E-state index < -0.39 is 23.4 Å². The zero-order chi connectivity index (χ0) is 22.3. The predicted molar refractivity (Wildman–Crippen MR) is 104 cm³/mol. The summed E-state index contributed by atoms with van der Waals surface area (Å²) >= 11 is 5.90. The summed E-state index contributed by atoms with van der Waals surface area (Å²) < 4.78 is 66.2. The smallest absolute Gasteiger partial charge is 0.306 e. The molecule has 1 aliphatic rings. The zero-order valence-corrected chi connectivity index (χ0v) is 16.6. The Hall–Kier alpha value is -2.78. The molecule has 1 aromatic heterocycles. The van der Waals surface area contributed by atoms with Crippen LogP contribution in [0, 0.1) is 11.6 Å². The molecule has 1 aliphatic heterocycles. The molecule has 0 saturated carbocycles. The van der Waals surface area contributed by atoms with Crippen molar-refractivity contribution in [2.45, 2.75) is 25.7 Å². The van der Waals surface area contributed by atoms with Crippen LogP contribution < -0.4 is 5.56 Å². The standard InChI is InChI=1S/C21H15ClF5N3O/c22-18-14(15(23)5-6-16(18)24)9-30-8-7-13-17(10-30)28-19(29-20(13)31)11-1-3-12(4-2-11)21(25,26)27/h1-6H,7-10H2,(H,28,29,31). The van der Waals surface area contributed by atoms with Gasteiger partial charge in [0.1, 0.15) is 17.5 Å². The molecule has 162 valence electrons. The highest BCUT2D eigenvalue weighted by molar-refractivity contribution is 6.31. The third-order valence-electron chi connectivity index (χ3n) is 5.16. The number of benzene rings is 2. The lowest BCUT2D eigenvalue weighted by molar-refractivity contribution is -0.137. The summed E-state index contributed by atoms with van der Waals surface area (Å²) in [5.41, 5.74) is 0.0314. The zero-order valence-electron chi connectivity index (χ0n) is 15.9. The fraction of sp³-hybridized carbons (Fsp3) is 0.238. The van der Waals surface area contributed by atoms with Gasteiger partial charge in [-0.2, -0.15) is 13.2 Å². The van der Waals surface area contributed by atoms with Gasteiger partial charge in [-0.05, 0) is 30.7 Å². The van der Waals surface area contributed by atoms with Crippen LogP contribution in [-0.2, 0) is 25.7 Å². The van der Waals surface area contributed by atoms with Gasteiger partial charge in [-0.3, -0.25) is 9.69 Å². The van der Waals surface area contributed by atoms with Gasteiger partial charge < -0.3 is 4.98 Å². The summed E-state index contributed by atoms with van der Waals surface area (Å²) in [5, 5.41) is -0.296. The molecule has 2 heterocycles. The lowest BCUT2D eigenvalue weighted by atomic mass is 10.0. The summed E-state index contributed by atoms with van der Waals surface area (Å²) in [7, 11) is 0. The van der Waals surface area contributed by atoms with Gasteiger partial charge >= 0.3 is 6.18 Å². The van der Waals surface area contributed by atoms with Crippen LogP contribution in [0.1, 0.15) is 22.4 Å². The first-order valence-electron chi connectivity index (χ1n) is 9.28. The second kappa shape index (κ2) is 8.05. The van der Waals surface area contributed by atoms with Gasteiger partial charge in [-0.25, -0.2) is 13.8 Å². The second-order valence-corrected chi connectivity index (χ2v) is 7.58. The minimum atomic E-state index is -4.47. The van der Waals surface area contributed by atoms with E-state index in [4.69, 9.17) is 11.6 Å². The molecule has 3 aromatic rings. The summed E-state index contributed by atoms with van der Waals surface area (Å²) in [5.74, 6) is -1.23. The van der Waals surface area contributed by atoms with Gasteiger partial charge in [0.2, 0.25) is 0 Å². The van der Waals surface area contributed by atoms with E-state index in [1.807, 2.05) is 0 Å². The maximum Gasteiger partial charge on any atom is 0.416 e. The van der Waals surface area contributed by atoms with E-state index in [0.29, 0.717) is 29.8 Å². The molecule has 0 unspecified atom stereocenters. The molecule has 1 N–H and O–H groups in total. The van der Waals surface area contributed by atoms with Crippen molar-refractivity contribution in [1.29, 1.82) is 0 Å². The Morgan fingerprint density at radius 1 is 1.06 bits per heavy atom. The van der Waals surface area contributed by atoms with Gasteiger partial charge in [-0.1, -0.05) is 23.7 Å². The summed E-state index contributed by atoms with van der Waals surface area (Å²) in [6.07, 6.45) is -4.14. The van der Waals surface area contributed by atoms with Crippen molar-refractivity contribution >= 4 is 11.6 Å². The SMILES string of the molecule is O=c1[nH]c(-c2ccc(C(F)(F)F)cc2)nc2c1CCN(Cc1c(F)ccc(F)c1Cl)C2. The van der Waals surface area contributed by atoms with Crippen LogP contribution in [-0.4, -0.2) is 21.4 Å². The molecule has 2 aromatic carbocycles. The maximum absolute atomic E-state index is 14.1. The topological polar surface area (TPSA) is 49.0 Å². The monoisotopic (exact) mass is 455 g/mol. The molecule has 31 heavy (non-hydrogen) atoms. The molecular formula is C21H15ClF5N3O. The predicted octanol–water partition coefficient (Wildman–Crippen LogP) is 4.95. The average Bonchev–Trinajstić information content (AvgIpc) is 2.73. The van der Waals surface area contributed by atoms with Gasteiger partial charge in [0.05, 0.1) is 16.3 Å². The minimum absolute atomic E-state index is 0.0120. The third kappa shape index (κ3) is 4.33. The van der Waals surface area contributed by atoms with Crippen LogP contribution in [0.3, 0.4) is 0 Å². The number of hydrogen-bond donors (Lipinski definition) is 1. The average molecular weight is 456 g/mol. The van der Waals surface area contributed by atoms with Crippen LogP contribution in [0.4, 0.5) is 22.0 Å². The largest absolute Gasteiger partial charge is 0.416 e. The molecule has 0 amide bonds. The summed E-state index contributed by atoms with van der Waals surface area (Å²) in [6, 6.07) is 6.24. The number of nitrogens with zero attached hydrogens (tertiary/aromatic N) is 2. The van der Waals surface area contributed by atoms with Crippen LogP contribution >= 0.6 is 11.6 Å². The molecule has 4 nitrogen and oxygen atoms in total. The van der Waals surface area contributed by atoms with Crippen molar-refractivity contribution < 1.29 is 22.0 Å². The van der Waals surface area contributed by atoms with Crippen LogP contribution in [0.15, 0.2) is 41.2 Å². The Bertz CT molecular complexity index is 1190. The van der Waals surface area contributed by atoms with Crippen molar-refractivity contribution in [2.75, 3.05) is 6.54 Å². The lowest BCUT2D eigenvalue weighted by Gasteiger charge is -2.28. The molecular weight excluding hydrogens is 441 g/mol. The highest BCUT2D eigenvalue weighted by Crippen LogP contribution is 2.31. The second-order valence-electron chi connectivity index (χ2n) is 7.20. The Balaban J connectivity index is 1.62. The highest BCUT2D eigenvalue weighted by Gasteiger charge is 2.30. The van der Waals surface area contributed by atoms with E-state index in [0.717, 1.165) is 24.3 Å². The number of aromatic nitrogens is 2. The van der Waals surface area contributed by atoms with Crippen molar-refractivity contribution in [3.63, 3.8) is 0 Å². The molecule has 0 aliphatic carbocycles. The Morgan fingerprint density at radius 2 is 1.74 bits per heavy atom. The number of hydrogen-bond acceptors (Lipinski definition) is 3. The highest BCUT2D eigenvalue weighted by atomic mass is 35.5. The molecule has 10 heteroatoms. The quantitative estimate of drug-likeness (QED) is 0.449. The van der Waals surface area contributed by atoms with E-state index in [1.165, 1.54) is 12.1 Å². The Morgan fingerprint density at radius 3 is 2.42 bits per heavy atom. The van der Waals surface area contributed by atoms with E-state index in [-0.39, 0.29) is 35.1 Å². The normalized spacial score (nSPS) is 14.5. The fourth-order valence-electron chi connectivity index (χ4n) is 3.52. The first-order valence-corrected chi connectivity index (χ1v) is 9.65. The van der Waals surface area contributed by atoms with Crippen molar-refractivity contribution in [1.82, 2.24) is 14.9 Å². The lowest BCUT2D eigenvalue weighted by Crippen LogP contribution is -2.35. The van der Waals surface area contributed by atoms with Gasteiger partial charge in [0, 0.05) is 36.3 Å². The first-order chi connectivity index (χ1) is 14.6. The summed E-state index contributed by atoms with van der Waals surface area (Å²) in [4.78, 5) is 21.3. The van der Waals surface area contributed by atoms with Crippen molar-refractivity contribution in [3.8, 4) is 11.4 Å². The van der Waals surface area contributed by atoms with E-state index >= 15 is 0 Å². The van der Waals surface area contributed by atoms with E-state index in [1.54, 1.807) is 4.90 Å². The van der Waals surface area contributed by atoms with Crippen molar-refractivity contribution in [2.24, 2.45) is 0 Å². The van der Waals surface area contributed by atoms with Gasteiger partial charge in [0.15, 0.2) is 0 Å². The van der Waals surface area contributed by atoms with E-state index in [9.17, 15) is 26.7 Å². The number of H-pyrrole nitrogens is 1. The van der Waals surface area contributed by atoms with Crippen LogP contribution in [0.2, 0.25) is 5.02 Å². The summed E-state index contributed by atoms with van der Waals surface area (Å²) in [6.45, 7) is 0.606. The van der Waals surface area contributed by atoms with Crippen LogP contribution in [0.5, 0.6) is 0 Å². The number of nitrogens with one attached hydrogen (secondary N) is 1. The Kier molecular flexibility index (Phi) is 5.57. The molecule has 0 radical (unpaired) electrons. The minimum Gasteiger partial charge on any atom is -0.306 e.